The van der Waals surface area contributed by atoms with Crippen molar-refractivity contribution in [3.8, 4) is 22.8 Å². The summed E-state index contributed by atoms with van der Waals surface area (Å²) in [6.07, 6.45) is 1.47. The zero-order valence-corrected chi connectivity index (χ0v) is 18.6. The van der Waals surface area contributed by atoms with Crippen molar-refractivity contribution in [2.75, 3.05) is 39.3 Å². The van der Waals surface area contributed by atoms with Gasteiger partial charge >= 0.3 is 5.97 Å². The second-order valence-corrected chi connectivity index (χ2v) is 8.36. The van der Waals surface area contributed by atoms with E-state index in [4.69, 9.17) is 19.2 Å². The van der Waals surface area contributed by atoms with Crippen LogP contribution in [0.2, 0.25) is 0 Å². The molecule has 2 aliphatic heterocycles. The monoisotopic (exact) mass is 433 g/mol. The quantitative estimate of drug-likeness (QED) is 0.620. The highest BCUT2D eigenvalue weighted by atomic mass is 16.5. The van der Waals surface area contributed by atoms with Gasteiger partial charge in [-0.15, -0.1) is 0 Å². The summed E-state index contributed by atoms with van der Waals surface area (Å²) in [5, 5.41) is 4.10. The van der Waals surface area contributed by atoms with Crippen LogP contribution in [0.3, 0.4) is 0 Å². The SMILES string of the molecule is COC(=O)[C@@H]1C[C@@H](Oc2cc(-c3ccc4c(c3)CCN4C)nc3cc(OC)ccc23)CN1. The van der Waals surface area contributed by atoms with E-state index in [9.17, 15) is 4.79 Å². The molecule has 5 rings (SSSR count). The van der Waals surface area contributed by atoms with Crippen molar-refractivity contribution >= 4 is 22.6 Å². The van der Waals surface area contributed by atoms with Crippen LogP contribution in [0.25, 0.3) is 22.2 Å². The van der Waals surface area contributed by atoms with Gasteiger partial charge in [-0.2, -0.15) is 0 Å². The summed E-state index contributed by atoms with van der Waals surface area (Å²) in [5.41, 5.74) is 5.34. The number of ether oxygens (including phenoxy) is 3. The smallest absolute Gasteiger partial charge is 0.323 e. The molecule has 166 valence electrons. The third kappa shape index (κ3) is 3.73. The molecule has 0 amide bonds. The van der Waals surface area contributed by atoms with Gasteiger partial charge in [0.25, 0.3) is 0 Å². The Hall–Kier alpha value is -3.32. The fourth-order valence-corrected chi connectivity index (χ4v) is 4.57. The van der Waals surface area contributed by atoms with Gasteiger partial charge in [-0.3, -0.25) is 4.79 Å². The van der Waals surface area contributed by atoms with Crippen molar-refractivity contribution < 1.29 is 19.0 Å². The van der Waals surface area contributed by atoms with Gasteiger partial charge < -0.3 is 24.4 Å². The van der Waals surface area contributed by atoms with E-state index < -0.39 is 0 Å². The van der Waals surface area contributed by atoms with E-state index in [1.54, 1.807) is 7.11 Å². The molecule has 7 nitrogen and oxygen atoms in total. The average Bonchev–Trinajstić information content (AvgIpc) is 3.44. The number of carbonyl (C=O) groups is 1. The number of rotatable bonds is 5. The number of carbonyl (C=O) groups excluding carboxylic acids is 1. The summed E-state index contributed by atoms with van der Waals surface area (Å²) < 4.78 is 16.7. The Balaban J connectivity index is 1.53. The lowest BCUT2D eigenvalue weighted by Gasteiger charge is -2.17. The lowest BCUT2D eigenvalue weighted by molar-refractivity contribution is -0.142. The van der Waals surface area contributed by atoms with Crippen molar-refractivity contribution in [2.24, 2.45) is 0 Å². The average molecular weight is 434 g/mol. The molecule has 0 spiro atoms. The Bertz CT molecular complexity index is 1180. The molecule has 7 heteroatoms. The summed E-state index contributed by atoms with van der Waals surface area (Å²) in [7, 11) is 5.18. The van der Waals surface area contributed by atoms with Crippen molar-refractivity contribution in [3.05, 3.63) is 48.0 Å². The molecule has 2 aliphatic rings. The standard InChI is InChI=1S/C25H27N3O4/c1-28-9-8-16-10-15(4-7-23(16)28)20-13-24(19-6-5-17(30-2)11-21(19)27-20)32-18-12-22(26-14-18)25(29)31-3/h4-7,10-11,13,18,22,26H,8-9,12,14H2,1-3H3/t18-,22+/m1/s1. The van der Waals surface area contributed by atoms with Crippen LogP contribution in [0.1, 0.15) is 12.0 Å². The van der Waals surface area contributed by atoms with Crippen LogP contribution in [-0.4, -0.2) is 57.5 Å². The number of pyridine rings is 1. The van der Waals surface area contributed by atoms with Crippen molar-refractivity contribution in [1.29, 1.82) is 0 Å². The van der Waals surface area contributed by atoms with Gasteiger partial charge in [0.05, 0.1) is 25.4 Å². The number of nitrogens with zero attached hydrogens (tertiary/aromatic N) is 2. The first-order chi connectivity index (χ1) is 15.6. The molecule has 0 radical (unpaired) electrons. The maximum atomic E-state index is 11.9. The molecular weight excluding hydrogens is 406 g/mol. The fourth-order valence-electron chi connectivity index (χ4n) is 4.57. The molecule has 2 atom stereocenters. The van der Waals surface area contributed by atoms with Crippen LogP contribution >= 0.6 is 0 Å². The van der Waals surface area contributed by atoms with E-state index in [1.807, 2.05) is 24.3 Å². The van der Waals surface area contributed by atoms with Crippen molar-refractivity contribution in [1.82, 2.24) is 10.3 Å². The lowest BCUT2D eigenvalue weighted by atomic mass is 10.0. The van der Waals surface area contributed by atoms with E-state index in [-0.39, 0.29) is 18.1 Å². The Morgan fingerprint density at radius 3 is 2.84 bits per heavy atom. The van der Waals surface area contributed by atoms with Gasteiger partial charge in [-0.25, -0.2) is 4.98 Å². The molecule has 0 bridgehead atoms. The minimum Gasteiger partial charge on any atom is -0.497 e. The van der Waals surface area contributed by atoms with E-state index in [1.165, 1.54) is 18.4 Å². The third-order valence-electron chi connectivity index (χ3n) is 6.35. The highest BCUT2D eigenvalue weighted by molar-refractivity contribution is 5.89. The Morgan fingerprint density at radius 1 is 1.16 bits per heavy atom. The normalized spacial score (nSPS) is 19.8. The predicted octanol–water partition coefficient (Wildman–Crippen LogP) is 3.19. The molecular formula is C25H27N3O4. The lowest BCUT2D eigenvalue weighted by Crippen LogP contribution is -2.31. The molecule has 3 aromatic rings. The van der Waals surface area contributed by atoms with Crippen LogP contribution in [0, 0.1) is 0 Å². The number of fused-ring (bicyclic) bond motifs is 2. The summed E-state index contributed by atoms with van der Waals surface area (Å²) in [6, 6.07) is 14.0. The Morgan fingerprint density at radius 2 is 2.03 bits per heavy atom. The number of nitrogens with one attached hydrogen (secondary N) is 1. The number of esters is 1. The summed E-state index contributed by atoms with van der Waals surface area (Å²) in [5.74, 6) is 1.24. The van der Waals surface area contributed by atoms with Crippen LogP contribution in [0.5, 0.6) is 11.5 Å². The molecule has 32 heavy (non-hydrogen) atoms. The second kappa shape index (κ2) is 8.31. The minimum absolute atomic E-state index is 0.131. The van der Waals surface area contributed by atoms with Gasteiger partial charge in [-0.05, 0) is 36.2 Å². The summed E-state index contributed by atoms with van der Waals surface area (Å²) in [4.78, 5) is 19.1. The van der Waals surface area contributed by atoms with Gasteiger partial charge in [0, 0.05) is 55.3 Å². The maximum absolute atomic E-state index is 11.9. The zero-order valence-electron chi connectivity index (χ0n) is 18.6. The molecule has 3 heterocycles. The van der Waals surface area contributed by atoms with E-state index in [0.29, 0.717) is 13.0 Å². The van der Waals surface area contributed by atoms with E-state index in [0.717, 1.165) is 46.6 Å². The summed E-state index contributed by atoms with van der Waals surface area (Å²) in [6.45, 7) is 1.62. The Labute approximate surface area is 187 Å². The molecule has 0 saturated carbocycles. The summed E-state index contributed by atoms with van der Waals surface area (Å²) >= 11 is 0. The molecule has 1 fully saturated rings. The molecule has 1 N–H and O–H groups in total. The number of aromatic nitrogens is 1. The van der Waals surface area contributed by atoms with Crippen molar-refractivity contribution in [3.63, 3.8) is 0 Å². The third-order valence-corrected chi connectivity index (χ3v) is 6.35. The maximum Gasteiger partial charge on any atom is 0.323 e. The number of hydrogen-bond acceptors (Lipinski definition) is 7. The largest absolute Gasteiger partial charge is 0.497 e. The van der Waals surface area contributed by atoms with Crippen LogP contribution in [0.15, 0.2) is 42.5 Å². The highest BCUT2D eigenvalue weighted by Gasteiger charge is 2.32. The minimum atomic E-state index is -0.341. The first-order valence-corrected chi connectivity index (χ1v) is 10.9. The molecule has 0 unspecified atom stereocenters. The van der Waals surface area contributed by atoms with Crippen molar-refractivity contribution in [2.45, 2.75) is 25.0 Å². The highest BCUT2D eigenvalue weighted by Crippen LogP contribution is 2.36. The number of anilines is 1. The van der Waals surface area contributed by atoms with Crippen LogP contribution < -0.4 is 19.7 Å². The number of hydrogen-bond donors (Lipinski definition) is 1. The van der Waals surface area contributed by atoms with Gasteiger partial charge in [0.15, 0.2) is 0 Å². The number of likely N-dealkylation sites (N-methyl/N-ethyl adjacent to an activating group) is 1. The second-order valence-electron chi connectivity index (χ2n) is 8.36. The van der Waals surface area contributed by atoms with E-state index in [2.05, 4.69) is 35.5 Å². The number of benzene rings is 2. The molecule has 1 aromatic heterocycles. The topological polar surface area (TPSA) is 72.9 Å². The zero-order chi connectivity index (χ0) is 22.2. The van der Waals surface area contributed by atoms with Gasteiger partial charge in [-0.1, -0.05) is 6.07 Å². The van der Waals surface area contributed by atoms with Crippen LogP contribution in [0.4, 0.5) is 5.69 Å². The first kappa shape index (κ1) is 20.6. The van der Waals surface area contributed by atoms with E-state index >= 15 is 0 Å². The van der Waals surface area contributed by atoms with Gasteiger partial charge in [0.2, 0.25) is 0 Å². The Kier molecular flexibility index (Phi) is 5.35. The molecule has 2 aromatic carbocycles. The first-order valence-electron chi connectivity index (χ1n) is 10.9. The molecule has 0 aliphatic carbocycles. The number of methoxy groups -OCH3 is 2. The predicted molar refractivity (Wildman–Crippen MR) is 124 cm³/mol. The molecule has 1 saturated heterocycles. The van der Waals surface area contributed by atoms with Gasteiger partial charge in [0.1, 0.15) is 23.6 Å². The van der Waals surface area contributed by atoms with Crippen LogP contribution in [-0.2, 0) is 16.0 Å². The fraction of sp³-hybridized carbons (Fsp3) is 0.360.